The van der Waals surface area contributed by atoms with Gasteiger partial charge in [0.25, 0.3) is 5.69 Å². The lowest BCUT2D eigenvalue weighted by molar-refractivity contribution is -0.385. The third-order valence-corrected chi connectivity index (χ3v) is 3.47. The Labute approximate surface area is 131 Å². The highest BCUT2D eigenvalue weighted by Gasteiger charge is 2.35. The molecular weight excluding hydrogens is 317 g/mol. The molecule has 0 aliphatic carbocycles. The number of benzene rings is 1. The van der Waals surface area contributed by atoms with Gasteiger partial charge in [-0.2, -0.15) is 13.2 Å². The minimum Gasteiger partial charge on any atom is -0.396 e. The molecule has 1 aromatic rings. The molecule has 130 valence electrons. The van der Waals surface area contributed by atoms with Crippen molar-refractivity contribution in [2.45, 2.75) is 19.6 Å². The first kappa shape index (κ1) is 19.3. The predicted molar refractivity (Wildman–Crippen MR) is 76.7 cm³/mol. The molecule has 0 fully saturated rings. The molecule has 0 heterocycles. The van der Waals surface area contributed by atoms with Gasteiger partial charge in [-0.1, -0.05) is 13.0 Å². The maximum atomic E-state index is 13.1. The summed E-state index contributed by atoms with van der Waals surface area (Å²) in [5.41, 5.74) is -2.65. The Morgan fingerprint density at radius 3 is 2.26 bits per heavy atom. The molecule has 0 unspecified atom stereocenters. The van der Waals surface area contributed by atoms with Crippen molar-refractivity contribution in [3.63, 3.8) is 0 Å². The van der Waals surface area contributed by atoms with E-state index in [4.69, 9.17) is 0 Å². The van der Waals surface area contributed by atoms with E-state index in [1.807, 2.05) is 0 Å². The summed E-state index contributed by atoms with van der Waals surface area (Å²) in [6, 6.07) is 2.61. The van der Waals surface area contributed by atoms with Crippen molar-refractivity contribution in [2.75, 3.05) is 26.8 Å². The Morgan fingerprint density at radius 2 is 1.83 bits per heavy atom. The molecule has 0 aliphatic heterocycles. The van der Waals surface area contributed by atoms with Crippen molar-refractivity contribution in [1.29, 1.82) is 0 Å². The van der Waals surface area contributed by atoms with E-state index in [1.165, 1.54) is 4.90 Å². The molecule has 0 amide bonds. The third-order valence-electron chi connectivity index (χ3n) is 3.47. The fraction of sp³-hybridized carbons (Fsp3) is 0.571. The largest absolute Gasteiger partial charge is 0.416 e. The molecule has 0 saturated carbocycles. The van der Waals surface area contributed by atoms with Gasteiger partial charge in [-0.25, -0.2) is 0 Å². The van der Waals surface area contributed by atoms with Gasteiger partial charge in [0.05, 0.1) is 23.7 Å². The summed E-state index contributed by atoms with van der Waals surface area (Å²) in [5.74, 6) is 0. The van der Waals surface area contributed by atoms with E-state index in [0.717, 1.165) is 12.1 Å². The Bertz CT molecular complexity index is 559. The number of halogens is 3. The van der Waals surface area contributed by atoms with Crippen LogP contribution in [-0.2, 0) is 12.7 Å². The zero-order valence-electron chi connectivity index (χ0n) is 12.8. The SMILES string of the molecule is CN(Cc1ccc([N+](=O)[O-])cc1C(F)(F)F)CC(C)(CO)CO. The second-order valence-corrected chi connectivity index (χ2v) is 5.90. The lowest BCUT2D eigenvalue weighted by atomic mass is 9.92. The predicted octanol–water partition coefficient (Wildman–Crippen LogP) is 2.04. The molecule has 0 saturated heterocycles. The number of rotatable bonds is 7. The number of hydrogen-bond donors (Lipinski definition) is 2. The van der Waals surface area contributed by atoms with E-state index < -0.39 is 27.8 Å². The van der Waals surface area contributed by atoms with Crippen molar-refractivity contribution in [3.05, 3.63) is 39.4 Å². The van der Waals surface area contributed by atoms with E-state index in [0.29, 0.717) is 6.07 Å². The van der Waals surface area contributed by atoms with Gasteiger partial charge in [0.15, 0.2) is 0 Å². The van der Waals surface area contributed by atoms with Gasteiger partial charge in [0, 0.05) is 30.6 Å². The van der Waals surface area contributed by atoms with Gasteiger partial charge in [-0.3, -0.25) is 10.1 Å². The first-order valence-electron chi connectivity index (χ1n) is 6.77. The molecular formula is C14H19F3N2O4. The molecule has 0 radical (unpaired) electrons. The highest BCUT2D eigenvalue weighted by atomic mass is 19.4. The number of aliphatic hydroxyl groups excluding tert-OH is 2. The minimum atomic E-state index is -4.71. The van der Waals surface area contributed by atoms with Crippen LogP contribution in [0.3, 0.4) is 0 Å². The summed E-state index contributed by atoms with van der Waals surface area (Å²) in [6.07, 6.45) is -4.71. The fourth-order valence-corrected chi connectivity index (χ4v) is 2.23. The Hall–Kier alpha value is -1.71. The lowest BCUT2D eigenvalue weighted by Gasteiger charge is -2.30. The molecule has 2 N–H and O–H groups in total. The Morgan fingerprint density at radius 1 is 1.26 bits per heavy atom. The first-order valence-corrected chi connectivity index (χ1v) is 6.77. The lowest BCUT2D eigenvalue weighted by Crippen LogP contribution is -2.38. The van der Waals surface area contributed by atoms with Crippen LogP contribution in [-0.4, -0.2) is 46.8 Å². The van der Waals surface area contributed by atoms with Crippen LogP contribution < -0.4 is 0 Å². The highest BCUT2D eigenvalue weighted by Crippen LogP contribution is 2.35. The summed E-state index contributed by atoms with van der Waals surface area (Å²) >= 11 is 0. The smallest absolute Gasteiger partial charge is 0.396 e. The van der Waals surface area contributed by atoms with E-state index >= 15 is 0 Å². The summed E-state index contributed by atoms with van der Waals surface area (Å²) < 4.78 is 39.3. The summed E-state index contributed by atoms with van der Waals surface area (Å²) in [4.78, 5) is 11.3. The molecule has 0 atom stereocenters. The van der Waals surface area contributed by atoms with Crippen LogP contribution in [0, 0.1) is 15.5 Å². The van der Waals surface area contributed by atoms with Gasteiger partial charge < -0.3 is 15.1 Å². The second kappa shape index (κ2) is 7.24. The number of aliphatic hydroxyl groups is 2. The molecule has 6 nitrogen and oxygen atoms in total. The van der Waals surface area contributed by atoms with Crippen molar-refractivity contribution in [2.24, 2.45) is 5.41 Å². The molecule has 1 rings (SSSR count). The second-order valence-electron chi connectivity index (χ2n) is 5.90. The van der Waals surface area contributed by atoms with Crippen molar-refractivity contribution in [3.8, 4) is 0 Å². The van der Waals surface area contributed by atoms with Crippen LogP contribution in [0.15, 0.2) is 18.2 Å². The summed E-state index contributed by atoms with van der Waals surface area (Å²) in [7, 11) is 1.55. The molecule has 0 aliphatic rings. The maximum absolute atomic E-state index is 13.1. The van der Waals surface area contributed by atoms with Crippen LogP contribution in [0.2, 0.25) is 0 Å². The van der Waals surface area contributed by atoms with Crippen LogP contribution in [0.25, 0.3) is 0 Å². The van der Waals surface area contributed by atoms with Gasteiger partial charge in [0.2, 0.25) is 0 Å². The quantitative estimate of drug-likeness (QED) is 0.588. The van der Waals surface area contributed by atoms with Crippen molar-refractivity contribution in [1.82, 2.24) is 4.90 Å². The van der Waals surface area contributed by atoms with Crippen LogP contribution in [0.1, 0.15) is 18.1 Å². The standard InChI is InChI=1S/C14H19F3N2O4/c1-13(8-20,9-21)7-18(2)6-10-3-4-11(19(22)23)5-12(10)14(15,16)17/h3-5,20-21H,6-9H2,1-2H3. The van der Waals surface area contributed by atoms with E-state index in [2.05, 4.69) is 0 Å². The Balaban J connectivity index is 3.06. The van der Waals surface area contributed by atoms with Crippen molar-refractivity contribution >= 4 is 5.69 Å². The molecule has 9 heteroatoms. The number of non-ortho nitro benzene ring substituents is 1. The Kier molecular flexibility index (Phi) is 6.09. The highest BCUT2D eigenvalue weighted by molar-refractivity contribution is 5.41. The van der Waals surface area contributed by atoms with Crippen molar-refractivity contribution < 1.29 is 28.3 Å². The molecule has 0 spiro atoms. The zero-order chi connectivity index (χ0) is 17.8. The van der Waals surface area contributed by atoms with E-state index in [9.17, 15) is 33.5 Å². The average Bonchev–Trinajstić information content (AvgIpc) is 2.45. The summed E-state index contributed by atoms with van der Waals surface area (Å²) in [6.45, 7) is 1.00. The minimum absolute atomic E-state index is 0.108. The van der Waals surface area contributed by atoms with E-state index in [1.54, 1.807) is 14.0 Å². The van der Waals surface area contributed by atoms with Gasteiger partial charge in [-0.15, -0.1) is 0 Å². The van der Waals surface area contributed by atoms with Crippen LogP contribution in [0.4, 0.5) is 18.9 Å². The normalized spacial score (nSPS) is 12.7. The maximum Gasteiger partial charge on any atom is 0.416 e. The van der Waals surface area contributed by atoms with E-state index in [-0.39, 0.29) is 31.9 Å². The number of nitro groups is 1. The number of nitro benzene ring substituents is 1. The van der Waals surface area contributed by atoms with Gasteiger partial charge in [-0.05, 0) is 12.6 Å². The number of hydrogen-bond acceptors (Lipinski definition) is 5. The molecule has 0 bridgehead atoms. The number of alkyl halides is 3. The average molecular weight is 336 g/mol. The molecule has 23 heavy (non-hydrogen) atoms. The third kappa shape index (κ3) is 5.15. The first-order chi connectivity index (χ1) is 10.5. The van der Waals surface area contributed by atoms with Crippen LogP contribution in [0.5, 0.6) is 0 Å². The molecule has 0 aromatic heterocycles. The topological polar surface area (TPSA) is 86.8 Å². The molecule has 1 aromatic carbocycles. The fourth-order valence-electron chi connectivity index (χ4n) is 2.23. The van der Waals surface area contributed by atoms with Gasteiger partial charge >= 0.3 is 6.18 Å². The summed E-state index contributed by atoms with van der Waals surface area (Å²) in [5, 5.41) is 29.1. The monoisotopic (exact) mass is 336 g/mol. The van der Waals surface area contributed by atoms with Gasteiger partial charge in [0.1, 0.15) is 0 Å². The zero-order valence-corrected chi connectivity index (χ0v) is 12.8. The van der Waals surface area contributed by atoms with Crippen LogP contribution >= 0.6 is 0 Å². The number of nitrogens with zero attached hydrogens (tertiary/aromatic N) is 2.